The van der Waals surface area contributed by atoms with Gasteiger partial charge in [-0.25, -0.2) is 0 Å². The van der Waals surface area contributed by atoms with E-state index in [-0.39, 0.29) is 23.9 Å². The first-order valence-electron chi connectivity index (χ1n) is 6.07. The number of aromatic nitrogens is 1. The van der Waals surface area contributed by atoms with Crippen LogP contribution in [0.5, 0.6) is 5.88 Å². The van der Waals surface area contributed by atoms with Crippen LogP contribution in [0, 0.1) is 16.0 Å². The molecule has 0 aliphatic carbocycles. The Hall–Kier alpha value is -2.38. The molecule has 0 saturated carbocycles. The van der Waals surface area contributed by atoms with E-state index in [1.807, 2.05) is 0 Å². The van der Waals surface area contributed by atoms with E-state index in [9.17, 15) is 14.9 Å². The van der Waals surface area contributed by atoms with Gasteiger partial charge in [-0.3, -0.25) is 14.9 Å². The van der Waals surface area contributed by atoms with Crippen molar-refractivity contribution in [2.24, 2.45) is 5.92 Å². The van der Waals surface area contributed by atoms with E-state index in [1.165, 1.54) is 26.2 Å². The zero-order valence-corrected chi connectivity index (χ0v) is 11.6. The van der Waals surface area contributed by atoms with Gasteiger partial charge in [-0.15, -0.1) is 0 Å². The highest BCUT2D eigenvalue weighted by Crippen LogP contribution is 2.28. The fourth-order valence-electron chi connectivity index (χ4n) is 1.69. The molecule has 1 aromatic heterocycles. The Balaban J connectivity index is 3.17. The molecule has 0 saturated heterocycles. The van der Waals surface area contributed by atoms with Crippen molar-refractivity contribution in [3.05, 3.63) is 22.2 Å². The summed E-state index contributed by atoms with van der Waals surface area (Å²) in [4.78, 5) is 27.0. The summed E-state index contributed by atoms with van der Waals surface area (Å²) in [5.74, 6) is -1.27. The van der Waals surface area contributed by atoms with Gasteiger partial charge in [-0.05, 0) is 6.92 Å². The highest BCUT2D eigenvalue weighted by Gasteiger charge is 2.24. The van der Waals surface area contributed by atoms with Gasteiger partial charge in [0.1, 0.15) is 0 Å². The maximum absolute atomic E-state index is 11.0. The van der Waals surface area contributed by atoms with Crippen LogP contribution in [0.25, 0.3) is 0 Å². The van der Waals surface area contributed by atoms with Crippen molar-refractivity contribution in [2.45, 2.75) is 13.8 Å². The van der Waals surface area contributed by atoms with Gasteiger partial charge < -0.3 is 14.7 Å². The second-order valence-electron chi connectivity index (χ2n) is 4.23. The van der Waals surface area contributed by atoms with Crippen molar-refractivity contribution >= 4 is 17.5 Å². The molecule has 20 heavy (non-hydrogen) atoms. The number of nitro groups is 1. The second kappa shape index (κ2) is 6.69. The number of anilines is 1. The number of nitrogens with zero attached hydrogens (tertiary/aromatic N) is 3. The van der Waals surface area contributed by atoms with Crippen LogP contribution in [0.4, 0.5) is 11.5 Å². The molecule has 1 heterocycles. The maximum atomic E-state index is 11.0. The molecule has 0 spiro atoms. The van der Waals surface area contributed by atoms with Crippen molar-refractivity contribution in [3.8, 4) is 5.88 Å². The molecule has 0 aliphatic heterocycles. The SMILES string of the molecule is CCN(CC(C)C(=O)O)c1nc(OC)ccc1[N+](=O)[O-]. The van der Waals surface area contributed by atoms with Gasteiger partial charge in [0, 0.05) is 25.2 Å². The first kappa shape index (κ1) is 15.7. The van der Waals surface area contributed by atoms with Crippen LogP contribution < -0.4 is 9.64 Å². The number of carbonyl (C=O) groups is 1. The minimum Gasteiger partial charge on any atom is -0.481 e. The molecule has 0 radical (unpaired) electrons. The Kier molecular flexibility index (Phi) is 5.24. The summed E-state index contributed by atoms with van der Waals surface area (Å²) in [6, 6.07) is 2.70. The Bertz CT molecular complexity index is 506. The van der Waals surface area contributed by atoms with Crippen molar-refractivity contribution in [1.82, 2.24) is 4.98 Å². The fraction of sp³-hybridized carbons (Fsp3) is 0.500. The van der Waals surface area contributed by atoms with Gasteiger partial charge in [0.05, 0.1) is 18.0 Å². The molecule has 1 aromatic rings. The predicted octanol–water partition coefficient (Wildman–Crippen LogP) is 1.55. The topological polar surface area (TPSA) is 106 Å². The number of carboxylic acid groups (broad SMARTS) is 1. The van der Waals surface area contributed by atoms with Gasteiger partial charge in [-0.2, -0.15) is 4.98 Å². The molecular formula is C12H17N3O5. The number of carboxylic acids is 1. The summed E-state index contributed by atoms with van der Waals surface area (Å²) < 4.78 is 4.96. The van der Waals surface area contributed by atoms with Crippen molar-refractivity contribution < 1.29 is 19.6 Å². The van der Waals surface area contributed by atoms with E-state index in [0.717, 1.165) is 0 Å². The lowest BCUT2D eigenvalue weighted by atomic mass is 10.1. The molecule has 110 valence electrons. The molecule has 0 amide bonds. The van der Waals surface area contributed by atoms with Crippen molar-refractivity contribution in [1.29, 1.82) is 0 Å². The van der Waals surface area contributed by atoms with E-state index >= 15 is 0 Å². The van der Waals surface area contributed by atoms with Gasteiger partial charge in [0.25, 0.3) is 0 Å². The van der Waals surface area contributed by atoms with Gasteiger partial charge in [-0.1, -0.05) is 6.92 Å². The van der Waals surface area contributed by atoms with Crippen LogP contribution in [-0.4, -0.2) is 41.2 Å². The Morgan fingerprint density at radius 1 is 1.60 bits per heavy atom. The number of methoxy groups -OCH3 is 1. The highest BCUT2D eigenvalue weighted by molar-refractivity contribution is 5.71. The summed E-state index contributed by atoms with van der Waals surface area (Å²) in [7, 11) is 1.41. The van der Waals surface area contributed by atoms with Crippen molar-refractivity contribution in [2.75, 3.05) is 25.1 Å². The quantitative estimate of drug-likeness (QED) is 0.597. The minimum atomic E-state index is -0.964. The summed E-state index contributed by atoms with van der Waals surface area (Å²) in [5, 5.41) is 20.0. The largest absolute Gasteiger partial charge is 0.481 e. The van der Waals surface area contributed by atoms with Crippen LogP contribution in [-0.2, 0) is 4.79 Å². The third kappa shape index (κ3) is 3.56. The highest BCUT2D eigenvalue weighted by atomic mass is 16.6. The first-order valence-corrected chi connectivity index (χ1v) is 6.07. The lowest BCUT2D eigenvalue weighted by molar-refractivity contribution is -0.384. The van der Waals surface area contributed by atoms with E-state index < -0.39 is 16.8 Å². The first-order chi connectivity index (χ1) is 9.40. The van der Waals surface area contributed by atoms with Crippen LogP contribution in [0.3, 0.4) is 0 Å². The molecule has 1 N–H and O–H groups in total. The molecule has 8 heteroatoms. The molecule has 1 rings (SSSR count). The molecular weight excluding hydrogens is 266 g/mol. The number of pyridine rings is 1. The molecule has 8 nitrogen and oxygen atoms in total. The third-order valence-electron chi connectivity index (χ3n) is 2.83. The molecule has 0 aromatic carbocycles. The Morgan fingerprint density at radius 3 is 2.70 bits per heavy atom. The molecule has 0 aliphatic rings. The maximum Gasteiger partial charge on any atom is 0.311 e. The van der Waals surface area contributed by atoms with Crippen LogP contribution in [0.15, 0.2) is 12.1 Å². The van der Waals surface area contributed by atoms with Crippen LogP contribution >= 0.6 is 0 Å². The monoisotopic (exact) mass is 283 g/mol. The standard InChI is InChI=1S/C12H17N3O5/c1-4-14(7-8(2)12(16)17)11-9(15(18)19)5-6-10(13-11)20-3/h5-6,8H,4,7H2,1-3H3,(H,16,17). The van der Waals surface area contributed by atoms with E-state index in [4.69, 9.17) is 9.84 Å². The number of aliphatic carboxylic acids is 1. The molecule has 0 bridgehead atoms. The minimum absolute atomic E-state index is 0.116. The third-order valence-corrected chi connectivity index (χ3v) is 2.83. The van der Waals surface area contributed by atoms with Gasteiger partial charge >= 0.3 is 11.7 Å². The van der Waals surface area contributed by atoms with Gasteiger partial charge in [0.2, 0.25) is 11.7 Å². The van der Waals surface area contributed by atoms with Crippen LogP contribution in [0.2, 0.25) is 0 Å². The zero-order chi connectivity index (χ0) is 15.3. The average molecular weight is 283 g/mol. The average Bonchev–Trinajstić information content (AvgIpc) is 2.43. The van der Waals surface area contributed by atoms with Crippen LogP contribution in [0.1, 0.15) is 13.8 Å². The van der Waals surface area contributed by atoms with Crippen molar-refractivity contribution in [3.63, 3.8) is 0 Å². The van der Waals surface area contributed by atoms with E-state index in [0.29, 0.717) is 6.54 Å². The summed E-state index contributed by atoms with van der Waals surface area (Å²) in [6.45, 7) is 3.85. The number of hydrogen-bond acceptors (Lipinski definition) is 6. The van der Waals surface area contributed by atoms with E-state index in [2.05, 4.69) is 4.98 Å². The van der Waals surface area contributed by atoms with E-state index in [1.54, 1.807) is 11.8 Å². The normalized spacial score (nSPS) is 11.8. The Morgan fingerprint density at radius 2 is 2.25 bits per heavy atom. The number of ether oxygens (including phenoxy) is 1. The summed E-state index contributed by atoms with van der Waals surface area (Å²) in [6.07, 6.45) is 0. The zero-order valence-electron chi connectivity index (χ0n) is 11.6. The summed E-state index contributed by atoms with van der Waals surface area (Å²) in [5.41, 5.74) is -0.176. The fourth-order valence-corrected chi connectivity index (χ4v) is 1.69. The number of rotatable bonds is 7. The number of hydrogen-bond donors (Lipinski definition) is 1. The van der Waals surface area contributed by atoms with Gasteiger partial charge in [0.15, 0.2) is 0 Å². The molecule has 1 atom stereocenters. The summed E-state index contributed by atoms with van der Waals surface area (Å²) >= 11 is 0. The lowest BCUT2D eigenvalue weighted by Crippen LogP contribution is -2.32. The molecule has 1 unspecified atom stereocenters. The second-order valence-corrected chi connectivity index (χ2v) is 4.23. The predicted molar refractivity (Wildman–Crippen MR) is 72.1 cm³/mol. The molecule has 0 fully saturated rings. The smallest absolute Gasteiger partial charge is 0.311 e. The Labute approximate surface area is 116 Å². The lowest BCUT2D eigenvalue weighted by Gasteiger charge is -2.23.